The highest BCUT2D eigenvalue weighted by Gasteiger charge is 2.33. The Balaban J connectivity index is 1.72. The Bertz CT molecular complexity index is 1030. The van der Waals surface area contributed by atoms with E-state index in [0.29, 0.717) is 11.4 Å². The number of nitrogen functional groups attached to an aromatic ring is 1. The fraction of sp³-hybridized carbons (Fsp3) is 0.176. The number of amides is 1. The number of nitrogens with zero attached hydrogens (tertiary/aromatic N) is 4. The van der Waals surface area contributed by atoms with Gasteiger partial charge in [0.2, 0.25) is 11.1 Å². The second-order valence-electron chi connectivity index (χ2n) is 5.86. The normalized spacial score (nSPS) is 12.6. The summed E-state index contributed by atoms with van der Waals surface area (Å²) in [4.78, 5) is 16.4. The average Bonchev–Trinajstić information content (AvgIpc) is 3.03. The van der Waals surface area contributed by atoms with Gasteiger partial charge in [-0.15, -0.1) is 10.2 Å². The molecule has 0 spiro atoms. The lowest BCUT2D eigenvalue weighted by Crippen LogP contribution is -2.24. The van der Waals surface area contributed by atoms with Crippen LogP contribution < -0.4 is 11.2 Å². The van der Waals surface area contributed by atoms with Crippen LogP contribution in [0.4, 0.5) is 18.9 Å². The number of nitrogens with two attached hydrogens (primary N) is 1. The number of carbonyl (C=O) groups is 1. The number of pyridine rings is 1. The van der Waals surface area contributed by atoms with Crippen molar-refractivity contribution in [3.63, 3.8) is 0 Å². The van der Waals surface area contributed by atoms with E-state index in [1.165, 1.54) is 10.7 Å². The first-order chi connectivity index (χ1) is 13.7. The molecule has 2 heterocycles. The minimum Gasteiger partial charge on any atom is -0.335 e. The topological polar surface area (TPSA) is 98.7 Å². The molecule has 3 aromatic rings. The second kappa shape index (κ2) is 8.29. The zero-order valence-corrected chi connectivity index (χ0v) is 16.4. The SMILES string of the molecule is C[C@@H](Sc1nnc(-c2cccnc2)n1N)C(=O)Nc1ccc(Cl)c(C(F)(F)F)c1. The third kappa shape index (κ3) is 4.80. The lowest BCUT2D eigenvalue weighted by atomic mass is 10.2. The van der Waals surface area contributed by atoms with E-state index in [0.717, 1.165) is 23.9 Å². The molecule has 0 aliphatic heterocycles. The van der Waals surface area contributed by atoms with Gasteiger partial charge in [0.05, 0.1) is 15.8 Å². The maximum absolute atomic E-state index is 13.0. The molecule has 12 heteroatoms. The standard InChI is InChI=1S/C17H14ClF3N6OS/c1-9(15(28)24-11-4-5-13(18)12(7-11)17(19,20)21)29-16-26-25-14(27(16)22)10-3-2-6-23-8-10/h2-9H,22H2,1H3,(H,24,28)/t9-/m1/s1. The molecular weight excluding hydrogens is 429 g/mol. The molecule has 29 heavy (non-hydrogen) atoms. The number of aromatic nitrogens is 4. The van der Waals surface area contributed by atoms with Crippen LogP contribution in [0, 0.1) is 0 Å². The van der Waals surface area contributed by atoms with Crippen LogP contribution in [0.2, 0.25) is 5.02 Å². The van der Waals surface area contributed by atoms with Crippen molar-refractivity contribution < 1.29 is 18.0 Å². The highest BCUT2D eigenvalue weighted by Crippen LogP contribution is 2.36. The fourth-order valence-electron chi connectivity index (χ4n) is 2.33. The van der Waals surface area contributed by atoms with Crippen LogP contribution >= 0.6 is 23.4 Å². The van der Waals surface area contributed by atoms with Gasteiger partial charge in [-0.2, -0.15) is 13.2 Å². The van der Waals surface area contributed by atoms with Crippen LogP contribution in [0.3, 0.4) is 0 Å². The number of rotatable bonds is 5. The molecule has 0 aliphatic carbocycles. The molecule has 0 unspecified atom stereocenters. The summed E-state index contributed by atoms with van der Waals surface area (Å²) in [6, 6.07) is 6.62. The number of anilines is 1. The van der Waals surface area contributed by atoms with Gasteiger partial charge < -0.3 is 11.2 Å². The van der Waals surface area contributed by atoms with Gasteiger partial charge in [0, 0.05) is 23.6 Å². The highest BCUT2D eigenvalue weighted by molar-refractivity contribution is 8.00. The van der Waals surface area contributed by atoms with Gasteiger partial charge in [0.1, 0.15) is 0 Å². The number of halogens is 4. The molecule has 1 aromatic carbocycles. The van der Waals surface area contributed by atoms with Crippen LogP contribution in [0.1, 0.15) is 12.5 Å². The van der Waals surface area contributed by atoms with Crippen LogP contribution in [0.25, 0.3) is 11.4 Å². The molecule has 0 saturated carbocycles. The second-order valence-corrected chi connectivity index (χ2v) is 7.57. The Kier molecular flexibility index (Phi) is 5.99. The maximum Gasteiger partial charge on any atom is 0.417 e. The molecule has 2 aromatic heterocycles. The van der Waals surface area contributed by atoms with E-state index in [2.05, 4.69) is 20.5 Å². The molecule has 3 rings (SSSR count). The van der Waals surface area contributed by atoms with Gasteiger partial charge in [0.15, 0.2) is 5.82 Å². The molecule has 1 atom stereocenters. The summed E-state index contributed by atoms with van der Waals surface area (Å²) in [6.07, 6.45) is -1.46. The van der Waals surface area contributed by atoms with Gasteiger partial charge >= 0.3 is 6.18 Å². The first-order valence-electron chi connectivity index (χ1n) is 8.12. The smallest absolute Gasteiger partial charge is 0.335 e. The van der Waals surface area contributed by atoms with Crippen molar-refractivity contribution in [1.29, 1.82) is 0 Å². The summed E-state index contributed by atoms with van der Waals surface area (Å²) in [5, 5.41) is 9.48. The van der Waals surface area contributed by atoms with E-state index < -0.39 is 27.9 Å². The number of nitrogens with one attached hydrogen (secondary N) is 1. The minimum atomic E-state index is -4.63. The maximum atomic E-state index is 13.0. The van der Waals surface area contributed by atoms with Crippen molar-refractivity contribution in [3.8, 4) is 11.4 Å². The van der Waals surface area contributed by atoms with E-state index in [1.54, 1.807) is 31.5 Å². The summed E-state index contributed by atoms with van der Waals surface area (Å²) in [5.74, 6) is 5.82. The van der Waals surface area contributed by atoms with E-state index >= 15 is 0 Å². The molecule has 0 saturated heterocycles. The Morgan fingerprint density at radius 2 is 2.07 bits per heavy atom. The van der Waals surface area contributed by atoms with E-state index in [9.17, 15) is 18.0 Å². The Morgan fingerprint density at radius 1 is 1.31 bits per heavy atom. The Morgan fingerprint density at radius 3 is 2.72 bits per heavy atom. The van der Waals surface area contributed by atoms with Crippen LogP contribution in [0.15, 0.2) is 47.9 Å². The van der Waals surface area contributed by atoms with Gasteiger partial charge in [-0.1, -0.05) is 23.4 Å². The molecule has 0 radical (unpaired) electrons. The number of hydrogen-bond acceptors (Lipinski definition) is 6. The third-order valence-corrected chi connectivity index (χ3v) is 5.16. The number of hydrogen-bond donors (Lipinski definition) is 2. The van der Waals surface area contributed by atoms with E-state index in [-0.39, 0.29) is 10.8 Å². The Hall–Kier alpha value is -2.79. The van der Waals surface area contributed by atoms with E-state index in [4.69, 9.17) is 17.4 Å². The molecule has 0 aliphatic rings. The fourth-order valence-corrected chi connectivity index (χ4v) is 3.32. The van der Waals surface area contributed by atoms with Crippen molar-refractivity contribution in [2.45, 2.75) is 23.5 Å². The van der Waals surface area contributed by atoms with Gasteiger partial charge in [-0.25, -0.2) is 4.68 Å². The van der Waals surface area contributed by atoms with Crippen molar-refractivity contribution in [1.82, 2.24) is 19.9 Å². The van der Waals surface area contributed by atoms with Crippen molar-refractivity contribution in [2.75, 3.05) is 11.2 Å². The zero-order valence-electron chi connectivity index (χ0n) is 14.8. The molecule has 7 nitrogen and oxygen atoms in total. The quantitative estimate of drug-likeness (QED) is 0.460. The summed E-state index contributed by atoms with van der Waals surface area (Å²) in [6.45, 7) is 1.57. The van der Waals surface area contributed by atoms with Crippen LogP contribution in [0.5, 0.6) is 0 Å². The van der Waals surface area contributed by atoms with Crippen molar-refractivity contribution in [3.05, 3.63) is 53.3 Å². The molecular formula is C17H14ClF3N6OS. The predicted octanol–water partition coefficient (Wildman–Crippen LogP) is 3.85. The zero-order chi connectivity index (χ0) is 21.2. The van der Waals surface area contributed by atoms with Crippen molar-refractivity contribution in [2.24, 2.45) is 0 Å². The van der Waals surface area contributed by atoms with Gasteiger partial charge in [-0.05, 0) is 37.3 Å². The molecule has 0 bridgehead atoms. The number of benzene rings is 1. The van der Waals surface area contributed by atoms with Crippen molar-refractivity contribution >= 4 is 35.0 Å². The summed E-state index contributed by atoms with van der Waals surface area (Å²) < 4.78 is 40.1. The first kappa shape index (κ1) is 20.9. The predicted molar refractivity (Wildman–Crippen MR) is 104 cm³/mol. The molecule has 1 amide bonds. The van der Waals surface area contributed by atoms with E-state index in [1.807, 2.05) is 0 Å². The molecule has 0 fully saturated rings. The summed E-state index contributed by atoms with van der Waals surface area (Å²) in [5.41, 5.74) is -0.406. The highest BCUT2D eigenvalue weighted by atomic mass is 35.5. The first-order valence-corrected chi connectivity index (χ1v) is 9.37. The van der Waals surface area contributed by atoms with Gasteiger partial charge in [-0.3, -0.25) is 9.78 Å². The Labute approximate surface area is 172 Å². The van der Waals surface area contributed by atoms with Gasteiger partial charge in [0.25, 0.3) is 0 Å². The molecule has 3 N–H and O–H groups in total. The number of thioether (sulfide) groups is 1. The number of carbonyl (C=O) groups excluding carboxylic acids is 1. The lowest BCUT2D eigenvalue weighted by molar-refractivity contribution is -0.137. The number of alkyl halides is 3. The summed E-state index contributed by atoms with van der Waals surface area (Å²) in [7, 11) is 0. The average molecular weight is 443 g/mol. The molecule has 152 valence electrons. The largest absolute Gasteiger partial charge is 0.417 e. The van der Waals surface area contributed by atoms with Crippen LogP contribution in [-0.4, -0.2) is 31.0 Å². The van der Waals surface area contributed by atoms with Crippen LogP contribution in [-0.2, 0) is 11.0 Å². The monoisotopic (exact) mass is 442 g/mol. The third-order valence-electron chi connectivity index (χ3n) is 3.77. The summed E-state index contributed by atoms with van der Waals surface area (Å²) >= 11 is 6.59. The minimum absolute atomic E-state index is 0.0237. The lowest BCUT2D eigenvalue weighted by Gasteiger charge is -2.14.